The Bertz CT molecular complexity index is 1390. The third kappa shape index (κ3) is 6.45. The van der Waals surface area contributed by atoms with Gasteiger partial charge in [0.2, 0.25) is 0 Å². The van der Waals surface area contributed by atoms with Gasteiger partial charge < -0.3 is 19.1 Å². The average molecular weight is 574 g/mol. The van der Waals surface area contributed by atoms with Crippen molar-refractivity contribution in [1.82, 2.24) is 24.2 Å². The third-order valence-electron chi connectivity index (χ3n) is 6.23. The van der Waals surface area contributed by atoms with Crippen LogP contribution >= 0.6 is 8.53 Å². The van der Waals surface area contributed by atoms with Crippen LogP contribution in [0.5, 0.6) is 0 Å². The highest BCUT2D eigenvalue weighted by Crippen LogP contribution is 2.51. The number of nitrogens with one attached hydrogen (secondary N) is 1. The van der Waals surface area contributed by atoms with Crippen LogP contribution in [0.2, 0.25) is 0 Å². The fourth-order valence-electron chi connectivity index (χ4n) is 4.49. The molecule has 0 saturated carbocycles. The SMILES string of the molecule is [2H]C([2H])(C)[C@H]1O[C@@H](n2cnc3c(NC(=O)c4ccccc4)ncnc32)[C@H](F)[C@@H]1OP(OCCC#N)N(C(C)C)C(C)C. The van der Waals surface area contributed by atoms with E-state index in [9.17, 15) is 4.79 Å². The summed E-state index contributed by atoms with van der Waals surface area (Å²) in [7, 11) is -1.88. The molecule has 4 rings (SSSR count). The number of anilines is 1. The van der Waals surface area contributed by atoms with Crippen molar-refractivity contribution in [2.75, 3.05) is 11.9 Å². The van der Waals surface area contributed by atoms with E-state index in [1.807, 2.05) is 38.4 Å². The van der Waals surface area contributed by atoms with Crippen LogP contribution in [0, 0.1) is 11.3 Å². The Balaban J connectivity index is 1.65. The van der Waals surface area contributed by atoms with Crippen LogP contribution in [0.4, 0.5) is 10.2 Å². The van der Waals surface area contributed by atoms with Crippen LogP contribution in [-0.4, -0.2) is 67.2 Å². The highest BCUT2D eigenvalue weighted by Gasteiger charge is 2.49. The topological polar surface area (TPSA) is 127 Å². The minimum Gasteiger partial charge on any atom is -0.349 e. The first-order valence-electron chi connectivity index (χ1n) is 14.0. The highest BCUT2D eigenvalue weighted by molar-refractivity contribution is 7.44. The molecule has 0 bridgehead atoms. The fourth-order valence-corrected chi connectivity index (χ4v) is 6.23. The second kappa shape index (κ2) is 13.5. The van der Waals surface area contributed by atoms with Gasteiger partial charge in [-0.05, 0) is 46.2 Å². The molecule has 2 aromatic heterocycles. The maximum absolute atomic E-state index is 16.4. The molecule has 0 spiro atoms. The Morgan fingerprint density at radius 1 is 1.27 bits per heavy atom. The number of amides is 1. The molecule has 0 aliphatic carbocycles. The molecule has 5 atom stereocenters. The predicted octanol–water partition coefficient (Wildman–Crippen LogP) is 5.39. The van der Waals surface area contributed by atoms with Gasteiger partial charge in [0.1, 0.15) is 12.4 Å². The molecule has 1 aliphatic rings. The summed E-state index contributed by atoms with van der Waals surface area (Å²) in [6, 6.07) is 10.5. The lowest BCUT2D eigenvalue weighted by molar-refractivity contribution is -0.0230. The Kier molecular flexibility index (Phi) is 9.17. The lowest BCUT2D eigenvalue weighted by Gasteiger charge is -2.37. The van der Waals surface area contributed by atoms with Crippen LogP contribution in [0.25, 0.3) is 11.2 Å². The van der Waals surface area contributed by atoms with Gasteiger partial charge in [0.25, 0.3) is 14.4 Å². The van der Waals surface area contributed by atoms with Gasteiger partial charge in [0, 0.05) is 20.4 Å². The maximum Gasteiger partial charge on any atom is 0.259 e. The van der Waals surface area contributed by atoms with Crippen LogP contribution in [0.3, 0.4) is 0 Å². The van der Waals surface area contributed by atoms with Gasteiger partial charge in [-0.3, -0.25) is 9.36 Å². The number of aromatic nitrogens is 4. The van der Waals surface area contributed by atoms with Crippen molar-refractivity contribution < 1.29 is 25.7 Å². The standard InChI is InChI=1S/C27H35FN7O4P/c1-6-20-23(39-40(37-14-10-13-29)35(17(2)3)18(4)5)21(28)27(38-20)34-16-32-22-24(30-15-31-25(22)34)33-26(36)19-11-8-7-9-12-19/h7-9,11-12,15-18,20-21,23,27H,6,10,14H2,1-5H3,(H,30,31,33,36)/t20-,21-,23-,27-,40?/m1/s1/i6D2. The molecule has 0 radical (unpaired) electrons. The van der Waals surface area contributed by atoms with Crippen LogP contribution in [-0.2, 0) is 13.8 Å². The number of halogens is 1. The van der Waals surface area contributed by atoms with Crippen LogP contribution in [0.1, 0.15) is 66.7 Å². The zero-order chi connectivity index (χ0) is 30.6. The number of fused-ring (bicyclic) bond motifs is 1. The first-order chi connectivity index (χ1) is 19.9. The van der Waals surface area contributed by atoms with Crippen molar-refractivity contribution in [1.29, 1.82) is 5.26 Å². The largest absolute Gasteiger partial charge is 0.349 e. The number of rotatable bonds is 12. The second-order valence-electron chi connectivity index (χ2n) is 9.66. The Hall–Kier alpha value is -3.07. The molecule has 3 heterocycles. The highest BCUT2D eigenvalue weighted by atomic mass is 31.2. The van der Waals surface area contributed by atoms with E-state index in [2.05, 4.69) is 20.3 Å². The Morgan fingerprint density at radius 3 is 2.65 bits per heavy atom. The normalized spacial score (nSPS) is 22.9. The molecule has 11 nitrogen and oxygen atoms in total. The zero-order valence-corrected chi connectivity index (χ0v) is 24.0. The number of nitrogens with zero attached hydrogens (tertiary/aromatic N) is 6. The molecule has 1 amide bonds. The first-order valence-corrected chi connectivity index (χ1v) is 14.2. The summed E-state index contributed by atoms with van der Waals surface area (Å²) < 4.78 is 54.7. The van der Waals surface area contributed by atoms with Crippen molar-refractivity contribution in [3.05, 3.63) is 48.5 Å². The van der Waals surface area contributed by atoms with Gasteiger partial charge in [-0.1, -0.05) is 25.1 Å². The molecule has 214 valence electrons. The average Bonchev–Trinajstić information content (AvgIpc) is 3.50. The second-order valence-corrected chi connectivity index (χ2v) is 11.1. The van der Waals surface area contributed by atoms with Gasteiger partial charge >= 0.3 is 0 Å². The predicted molar refractivity (Wildman–Crippen MR) is 149 cm³/mol. The monoisotopic (exact) mass is 573 g/mol. The Labute approximate surface area is 237 Å². The van der Waals surface area contributed by atoms with Crippen molar-refractivity contribution in [3.63, 3.8) is 0 Å². The molecule has 1 N–H and O–H groups in total. The molecule has 1 saturated heterocycles. The fraction of sp³-hybridized carbons (Fsp3) is 0.519. The quantitative estimate of drug-likeness (QED) is 0.224. The number of nitriles is 1. The van der Waals surface area contributed by atoms with Gasteiger partial charge in [0.05, 0.1) is 31.5 Å². The number of benzene rings is 1. The number of carbonyl (C=O) groups is 1. The maximum atomic E-state index is 16.4. The molecular formula is C27H35FN7O4P. The third-order valence-corrected chi connectivity index (χ3v) is 8.36. The summed E-state index contributed by atoms with van der Waals surface area (Å²) >= 11 is 0. The van der Waals surface area contributed by atoms with E-state index in [4.69, 9.17) is 21.8 Å². The zero-order valence-electron chi connectivity index (χ0n) is 25.1. The van der Waals surface area contributed by atoms with E-state index in [-0.39, 0.29) is 42.1 Å². The summed E-state index contributed by atoms with van der Waals surface area (Å²) in [5, 5.41) is 11.7. The van der Waals surface area contributed by atoms with E-state index in [0.29, 0.717) is 5.56 Å². The van der Waals surface area contributed by atoms with E-state index < -0.39 is 45.4 Å². The molecule has 1 aromatic carbocycles. The van der Waals surface area contributed by atoms with E-state index in [0.717, 1.165) is 0 Å². The number of carbonyl (C=O) groups excluding carboxylic acids is 1. The molecule has 13 heteroatoms. The molecule has 1 unspecified atom stereocenters. The number of alkyl halides is 1. The van der Waals surface area contributed by atoms with Gasteiger partial charge in [-0.25, -0.2) is 24.0 Å². The number of hydrogen-bond acceptors (Lipinski definition) is 9. The molecule has 1 fully saturated rings. The van der Waals surface area contributed by atoms with E-state index >= 15 is 4.39 Å². The summed E-state index contributed by atoms with van der Waals surface area (Å²) in [4.78, 5) is 25.5. The first kappa shape index (κ1) is 27.1. The van der Waals surface area contributed by atoms with Crippen molar-refractivity contribution in [2.24, 2.45) is 0 Å². The lowest BCUT2D eigenvalue weighted by Crippen LogP contribution is -2.37. The van der Waals surface area contributed by atoms with Crippen molar-refractivity contribution in [2.45, 2.75) is 84.1 Å². The van der Waals surface area contributed by atoms with Crippen LogP contribution in [0.15, 0.2) is 43.0 Å². The van der Waals surface area contributed by atoms with E-state index in [1.54, 1.807) is 30.3 Å². The summed E-state index contributed by atoms with van der Waals surface area (Å²) in [5.41, 5.74) is 0.825. The molecule has 3 aromatic rings. The van der Waals surface area contributed by atoms with Crippen molar-refractivity contribution >= 4 is 31.4 Å². The molecule has 40 heavy (non-hydrogen) atoms. The smallest absolute Gasteiger partial charge is 0.259 e. The minimum atomic E-state index is -1.99. The van der Waals surface area contributed by atoms with Gasteiger partial charge in [-0.2, -0.15) is 5.26 Å². The van der Waals surface area contributed by atoms with E-state index in [1.165, 1.54) is 24.1 Å². The lowest BCUT2D eigenvalue weighted by atomic mass is 10.1. The summed E-state index contributed by atoms with van der Waals surface area (Å²) in [5.74, 6) is -0.266. The summed E-state index contributed by atoms with van der Waals surface area (Å²) in [6.07, 6.45) is -5.16. The molecule has 1 aliphatic heterocycles. The van der Waals surface area contributed by atoms with Gasteiger partial charge in [-0.15, -0.1) is 0 Å². The number of ether oxygens (including phenoxy) is 1. The Morgan fingerprint density at radius 2 is 2.00 bits per heavy atom. The molecular weight excluding hydrogens is 536 g/mol. The number of imidazole rings is 1. The number of hydrogen-bond donors (Lipinski definition) is 1. The van der Waals surface area contributed by atoms with Gasteiger partial charge in [0.15, 0.2) is 29.4 Å². The minimum absolute atomic E-state index is 0.0370. The summed E-state index contributed by atoms with van der Waals surface area (Å²) in [6.45, 7) is 9.20. The van der Waals surface area contributed by atoms with Crippen LogP contribution < -0.4 is 5.32 Å². The van der Waals surface area contributed by atoms with Crippen molar-refractivity contribution in [3.8, 4) is 6.07 Å².